The third kappa shape index (κ3) is 4.15. The summed E-state index contributed by atoms with van der Waals surface area (Å²) in [4.78, 5) is 17.3. The van der Waals surface area contributed by atoms with Crippen LogP contribution in [0.5, 0.6) is 5.75 Å². The number of benzene rings is 3. The van der Waals surface area contributed by atoms with Gasteiger partial charge in [0.05, 0.1) is 22.7 Å². The molecular formula is C25H23N3O3. The molecule has 3 aromatic carbocycles. The summed E-state index contributed by atoms with van der Waals surface area (Å²) in [5.74, 6) is 0.362. The number of carbonyl (C=O) groups is 1. The Labute approximate surface area is 180 Å². The van der Waals surface area contributed by atoms with E-state index in [0.717, 1.165) is 36.2 Å². The van der Waals surface area contributed by atoms with Crippen molar-refractivity contribution < 1.29 is 14.3 Å². The SMILES string of the molecule is O=C(Nc1ccc(-n2cnc3ccccc32)cc1)c1ccccc1OCC1CCCO1. The molecule has 0 bridgehead atoms. The van der Waals surface area contributed by atoms with Gasteiger partial charge in [0.15, 0.2) is 0 Å². The number of hydrogen-bond donors (Lipinski definition) is 1. The monoisotopic (exact) mass is 413 g/mol. The summed E-state index contributed by atoms with van der Waals surface area (Å²) in [6.07, 6.45) is 3.95. The molecule has 0 aliphatic carbocycles. The molecule has 1 fully saturated rings. The average Bonchev–Trinajstić information content (AvgIpc) is 3.48. The molecule has 1 amide bonds. The number of aromatic nitrogens is 2. The van der Waals surface area contributed by atoms with Gasteiger partial charge < -0.3 is 14.8 Å². The highest BCUT2D eigenvalue weighted by Gasteiger charge is 2.18. The highest BCUT2D eigenvalue weighted by Crippen LogP contribution is 2.23. The van der Waals surface area contributed by atoms with Crippen LogP contribution >= 0.6 is 0 Å². The minimum Gasteiger partial charge on any atom is -0.490 e. The van der Waals surface area contributed by atoms with Crippen molar-refractivity contribution in [1.82, 2.24) is 9.55 Å². The lowest BCUT2D eigenvalue weighted by molar-refractivity contribution is 0.0673. The number of para-hydroxylation sites is 3. The topological polar surface area (TPSA) is 65.4 Å². The molecule has 31 heavy (non-hydrogen) atoms. The number of ether oxygens (including phenoxy) is 2. The molecule has 6 heteroatoms. The van der Waals surface area contributed by atoms with Crippen LogP contribution in [0.25, 0.3) is 16.7 Å². The molecule has 6 nitrogen and oxygen atoms in total. The van der Waals surface area contributed by atoms with E-state index in [1.807, 2.05) is 71.3 Å². The summed E-state index contributed by atoms with van der Waals surface area (Å²) in [5.41, 5.74) is 4.18. The number of hydrogen-bond acceptors (Lipinski definition) is 4. The first-order valence-corrected chi connectivity index (χ1v) is 10.5. The van der Waals surface area contributed by atoms with Gasteiger partial charge in [-0.25, -0.2) is 4.98 Å². The molecule has 2 heterocycles. The highest BCUT2D eigenvalue weighted by molar-refractivity contribution is 6.06. The maximum absolute atomic E-state index is 12.9. The van der Waals surface area contributed by atoms with Gasteiger partial charge >= 0.3 is 0 Å². The van der Waals surface area contributed by atoms with Crippen LogP contribution < -0.4 is 10.1 Å². The van der Waals surface area contributed by atoms with E-state index in [9.17, 15) is 4.79 Å². The Kier molecular flexibility index (Phi) is 5.37. The predicted octanol–water partition coefficient (Wildman–Crippen LogP) is 4.84. The van der Waals surface area contributed by atoms with Crippen LogP contribution in [-0.4, -0.2) is 34.8 Å². The maximum Gasteiger partial charge on any atom is 0.259 e. The summed E-state index contributed by atoms with van der Waals surface area (Å²) >= 11 is 0. The fourth-order valence-corrected chi connectivity index (χ4v) is 3.81. The lowest BCUT2D eigenvalue weighted by Gasteiger charge is -2.14. The van der Waals surface area contributed by atoms with E-state index in [0.29, 0.717) is 23.6 Å². The minimum absolute atomic E-state index is 0.0999. The van der Waals surface area contributed by atoms with Gasteiger partial charge in [-0.05, 0) is 61.4 Å². The van der Waals surface area contributed by atoms with Crippen LogP contribution in [-0.2, 0) is 4.74 Å². The quantitative estimate of drug-likeness (QED) is 0.491. The van der Waals surface area contributed by atoms with Crippen molar-refractivity contribution in [2.45, 2.75) is 18.9 Å². The van der Waals surface area contributed by atoms with E-state index in [1.165, 1.54) is 0 Å². The molecule has 0 radical (unpaired) electrons. The van der Waals surface area contributed by atoms with Gasteiger partial charge in [0.25, 0.3) is 5.91 Å². The second kappa shape index (κ2) is 8.62. The largest absolute Gasteiger partial charge is 0.490 e. The molecule has 4 aromatic rings. The number of nitrogens with zero attached hydrogens (tertiary/aromatic N) is 2. The average molecular weight is 413 g/mol. The summed E-state index contributed by atoms with van der Waals surface area (Å²) in [6.45, 7) is 1.23. The third-order valence-electron chi connectivity index (χ3n) is 5.44. The molecular weight excluding hydrogens is 390 g/mol. The van der Waals surface area contributed by atoms with E-state index in [1.54, 1.807) is 12.4 Å². The van der Waals surface area contributed by atoms with E-state index >= 15 is 0 Å². The molecule has 0 spiro atoms. The van der Waals surface area contributed by atoms with Gasteiger partial charge in [-0.1, -0.05) is 24.3 Å². The Balaban J connectivity index is 1.30. The molecule has 1 aliphatic rings. The number of anilines is 1. The molecule has 1 aliphatic heterocycles. The smallest absolute Gasteiger partial charge is 0.259 e. The molecule has 1 N–H and O–H groups in total. The summed E-state index contributed by atoms with van der Waals surface area (Å²) < 4.78 is 13.5. The number of carbonyl (C=O) groups excluding carboxylic acids is 1. The van der Waals surface area contributed by atoms with Crippen molar-refractivity contribution >= 4 is 22.6 Å². The normalized spacial score (nSPS) is 15.8. The Bertz CT molecular complexity index is 1190. The second-order valence-electron chi connectivity index (χ2n) is 7.55. The standard InChI is InChI=1S/C25H23N3O3/c29-25(21-7-1-4-10-24(21)31-16-20-6-5-15-30-20)27-18-11-13-19(14-12-18)28-17-26-22-8-2-3-9-23(22)28/h1-4,7-14,17,20H,5-6,15-16H2,(H,27,29). The lowest BCUT2D eigenvalue weighted by atomic mass is 10.1. The second-order valence-corrected chi connectivity index (χ2v) is 7.55. The van der Waals surface area contributed by atoms with Crippen LogP contribution in [0.1, 0.15) is 23.2 Å². The highest BCUT2D eigenvalue weighted by atomic mass is 16.5. The Hall–Kier alpha value is -3.64. The van der Waals surface area contributed by atoms with Gasteiger partial charge in [0, 0.05) is 18.0 Å². The Morgan fingerprint density at radius 2 is 1.87 bits per heavy atom. The first kappa shape index (κ1) is 19.3. The molecule has 1 aromatic heterocycles. The molecule has 5 rings (SSSR count). The number of fused-ring (bicyclic) bond motifs is 1. The van der Waals surface area contributed by atoms with E-state index in [2.05, 4.69) is 10.3 Å². The van der Waals surface area contributed by atoms with Gasteiger partial charge in [-0.3, -0.25) is 9.36 Å². The third-order valence-corrected chi connectivity index (χ3v) is 5.44. The van der Waals surface area contributed by atoms with Gasteiger partial charge in [-0.2, -0.15) is 0 Å². The Morgan fingerprint density at radius 3 is 2.71 bits per heavy atom. The van der Waals surface area contributed by atoms with Crippen molar-refractivity contribution in [3.63, 3.8) is 0 Å². The Morgan fingerprint density at radius 1 is 1.06 bits per heavy atom. The molecule has 0 saturated carbocycles. The van der Waals surface area contributed by atoms with Crippen LogP contribution in [0.3, 0.4) is 0 Å². The van der Waals surface area contributed by atoms with Crippen molar-refractivity contribution in [2.24, 2.45) is 0 Å². The van der Waals surface area contributed by atoms with Crippen LogP contribution in [0.2, 0.25) is 0 Å². The van der Waals surface area contributed by atoms with Crippen molar-refractivity contribution in [3.8, 4) is 11.4 Å². The first-order valence-electron chi connectivity index (χ1n) is 10.5. The lowest BCUT2D eigenvalue weighted by Crippen LogP contribution is -2.19. The molecule has 1 unspecified atom stereocenters. The number of amides is 1. The van der Waals surface area contributed by atoms with E-state index < -0.39 is 0 Å². The van der Waals surface area contributed by atoms with Crippen molar-refractivity contribution in [1.29, 1.82) is 0 Å². The van der Waals surface area contributed by atoms with Crippen molar-refractivity contribution in [2.75, 3.05) is 18.5 Å². The number of rotatable bonds is 6. The number of imidazole rings is 1. The summed E-state index contributed by atoms with van der Waals surface area (Å²) in [5, 5.41) is 2.96. The fourth-order valence-electron chi connectivity index (χ4n) is 3.81. The summed E-state index contributed by atoms with van der Waals surface area (Å²) in [7, 11) is 0. The molecule has 156 valence electrons. The van der Waals surface area contributed by atoms with E-state index in [-0.39, 0.29) is 12.0 Å². The molecule has 1 saturated heterocycles. The minimum atomic E-state index is -0.205. The summed E-state index contributed by atoms with van der Waals surface area (Å²) in [6, 6.07) is 23.0. The van der Waals surface area contributed by atoms with Crippen LogP contribution in [0, 0.1) is 0 Å². The molecule has 1 atom stereocenters. The number of nitrogens with one attached hydrogen (secondary N) is 1. The van der Waals surface area contributed by atoms with Crippen LogP contribution in [0.4, 0.5) is 5.69 Å². The zero-order chi connectivity index (χ0) is 21.0. The van der Waals surface area contributed by atoms with E-state index in [4.69, 9.17) is 9.47 Å². The predicted molar refractivity (Wildman–Crippen MR) is 120 cm³/mol. The fraction of sp³-hybridized carbons (Fsp3) is 0.200. The van der Waals surface area contributed by atoms with Gasteiger partial charge in [0.2, 0.25) is 0 Å². The van der Waals surface area contributed by atoms with Crippen LogP contribution in [0.15, 0.2) is 79.1 Å². The zero-order valence-electron chi connectivity index (χ0n) is 17.0. The van der Waals surface area contributed by atoms with Crippen molar-refractivity contribution in [3.05, 3.63) is 84.7 Å². The van der Waals surface area contributed by atoms with Gasteiger partial charge in [0.1, 0.15) is 18.7 Å². The van der Waals surface area contributed by atoms with Gasteiger partial charge in [-0.15, -0.1) is 0 Å². The zero-order valence-corrected chi connectivity index (χ0v) is 17.0. The maximum atomic E-state index is 12.9. The first-order chi connectivity index (χ1) is 15.3.